The van der Waals surface area contributed by atoms with Crippen LogP contribution in [0.25, 0.3) is 0 Å². The van der Waals surface area contributed by atoms with Crippen LogP contribution in [0.3, 0.4) is 0 Å². The van der Waals surface area contributed by atoms with Crippen molar-refractivity contribution in [3.63, 3.8) is 0 Å². The Labute approximate surface area is 161 Å². The highest BCUT2D eigenvalue weighted by Crippen LogP contribution is 2.26. The molecule has 3 rings (SSSR count). The summed E-state index contributed by atoms with van der Waals surface area (Å²) in [4.78, 5) is 6.84. The van der Waals surface area contributed by atoms with Crippen LogP contribution in [0, 0.1) is 0 Å². The molecule has 0 spiro atoms. The van der Waals surface area contributed by atoms with Crippen molar-refractivity contribution in [2.75, 3.05) is 26.7 Å². The van der Waals surface area contributed by atoms with Crippen molar-refractivity contribution in [3.05, 3.63) is 65.7 Å². The lowest BCUT2D eigenvalue weighted by molar-refractivity contribution is 0.486. The van der Waals surface area contributed by atoms with Crippen molar-refractivity contribution >= 4 is 16.0 Å². The Kier molecular flexibility index (Phi) is 6.13. The van der Waals surface area contributed by atoms with Crippen LogP contribution in [-0.2, 0) is 16.4 Å². The largest absolute Gasteiger partial charge is 0.356 e. The van der Waals surface area contributed by atoms with E-state index in [0.29, 0.717) is 5.92 Å². The fourth-order valence-electron chi connectivity index (χ4n) is 3.45. The number of primary sulfonamides is 1. The first-order valence-corrected chi connectivity index (χ1v) is 10.6. The molecule has 1 saturated heterocycles. The molecule has 3 N–H and O–H groups in total. The average Bonchev–Trinajstić information content (AvgIpc) is 3.15. The van der Waals surface area contributed by atoms with Gasteiger partial charge in [0.2, 0.25) is 10.0 Å². The molecule has 0 aromatic heterocycles. The van der Waals surface area contributed by atoms with E-state index >= 15 is 0 Å². The first kappa shape index (κ1) is 19.4. The summed E-state index contributed by atoms with van der Waals surface area (Å²) in [5.41, 5.74) is 2.43. The number of hydrogen-bond donors (Lipinski definition) is 2. The lowest BCUT2D eigenvalue weighted by atomic mass is 9.99. The van der Waals surface area contributed by atoms with E-state index in [1.807, 2.05) is 6.07 Å². The van der Waals surface area contributed by atoms with Crippen molar-refractivity contribution in [2.45, 2.75) is 23.7 Å². The van der Waals surface area contributed by atoms with Gasteiger partial charge in [-0.25, -0.2) is 13.6 Å². The van der Waals surface area contributed by atoms with Gasteiger partial charge in [0, 0.05) is 32.6 Å². The zero-order chi connectivity index (χ0) is 19.3. The molecule has 0 saturated carbocycles. The molecule has 1 fully saturated rings. The molecular formula is C20H26N4O2S. The minimum absolute atomic E-state index is 0.138. The number of guanidine groups is 1. The van der Waals surface area contributed by atoms with E-state index in [-0.39, 0.29) is 4.90 Å². The maximum Gasteiger partial charge on any atom is 0.238 e. The second-order valence-electron chi connectivity index (χ2n) is 6.76. The molecule has 1 unspecified atom stereocenters. The predicted molar refractivity (Wildman–Crippen MR) is 108 cm³/mol. The standard InChI is InChI=1S/C20H26N4O2S/c1-22-20(24-14-12-18(15-24)17-5-3-2-4-6-17)23-13-11-16-7-9-19(10-8-16)27(21,25)26/h2-10,18H,11-15H2,1H3,(H,22,23)(H2,21,25,26). The van der Waals surface area contributed by atoms with Gasteiger partial charge in [0.15, 0.2) is 5.96 Å². The van der Waals surface area contributed by atoms with E-state index < -0.39 is 10.0 Å². The normalized spacial score (nSPS) is 17.9. The van der Waals surface area contributed by atoms with Gasteiger partial charge < -0.3 is 10.2 Å². The molecule has 2 aromatic carbocycles. The molecule has 0 radical (unpaired) electrons. The Balaban J connectivity index is 1.51. The van der Waals surface area contributed by atoms with E-state index in [1.54, 1.807) is 31.3 Å². The summed E-state index contributed by atoms with van der Waals surface area (Å²) in [7, 11) is -1.83. The second kappa shape index (κ2) is 8.54. The molecule has 0 bridgehead atoms. The first-order chi connectivity index (χ1) is 13.0. The maximum atomic E-state index is 11.3. The number of nitrogens with two attached hydrogens (primary N) is 1. The summed E-state index contributed by atoms with van der Waals surface area (Å²) >= 11 is 0. The van der Waals surface area contributed by atoms with Gasteiger partial charge in [-0.1, -0.05) is 42.5 Å². The van der Waals surface area contributed by atoms with E-state index in [1.165, 1.54) is 5.56 Å². The van der Waals surface area contributed by atoms with Crippen molar-refractivity contribution in [2.24, 2.45) is 10.1 Å². The van der Waals surface area contributed by atoms with Gasteiger partial charge in [-0.05, 0) is 36.1 Å². The number of nitrogens with zero attached hydrogens (tertiary/aromatic N) is 2. The lowest BCUT2D eigenvalue weighted by Gasteiger charge is -2.22. The molecule has 1 atom stereocenters. The molecule has 0 amide bonds. The number of benzene rings is 2. The second-order valence-corrected chi connectivity index (χ2v) is 8.32. The van der Waals surface area contributed by atoms with Crippen LogP contribution < -0.4 is 10.5 Å². The first-order valence-electron chi connectivity index (χ1n) is 9.09. The lowest BCUT2D eigenvalue weighted by Crippen LogP contribution is -2.40. The maximum absolute atomic E-state index is 11.3. The molecular weight excluding hydrogens is 360 g/mol. The molecule has 7 heteroatoms. The van der Waals surface area contributed by atoms with E-state index in [2.05, 4.69) is 39.5 Å². The summed E-state index contributed by atoms with van der Waals surface area (Å²) in [6.45, 7) is 2.68. The zero-order valence-corrected chi connectivity index (χ0v) is 16.3. The summed E-state index contributed by atoms with van der Waals surface area (Å²) < 4.78 is 22.6. The van der Waals surface area contributed by atoms with Crippen LogP contribution in [0.15, 0.2) is 64.5 Å². The van der Waals surface area contributed by atoms with Crippen molar-refractivity contribution in [3.8, 4) is 0 Å². The molecule has 1 heterocycles. The van der Waals surface area contributed by atoms with Crippen molar-refractivity contribution in [1.29, 1.82) is 0 Å². The van der Waals surface area contributed by atoms with Crippen LogP contribution in [0.5, 0.6) is 0 Å². The van der Waals surface area contributed by atoms with Gasteiger partial charge in [0.25, 0.3) is 0 Å². The SMILES string of the molecule is CN=C(NCCc1ccc(S(N)(=O)=O)cc1)N1CCC(c2ccccc2)C1. The van der Waals surface area contributed by atoms with Crippen LogP contribution in [0.2, 0.25) is 0 Å². The van der Waals surface area contributed by atoms with E-state index in [0.717, 1.165) is 44.0 Å². The number of likely N-dealkylation sites (tertiary alicyclic amines) is 1. The fraction of sp³-hybridized carbons (Fsp3) is 0.350. The Hall–Kier alpha value is -2.38. The molecule has 2 aromatic rings. The van der Waals surface area contributed by atoms with Crippen molar-refractivity contribution in [1.82, 2.24) is 10.2 Å². The minimum Gasteiger partial charge on any atom is -0.356 e. The Morgan fingerprint density at radius 2 is 1.89 bits per heavy atom. The number of sulfonamides is 1. The van der Waals surface area contributed by atoms with Gasteiger partial charge >= 0.3 is 0 Å². The number of hydrogen-bond acceptors (Lipinski definition) is 3. The third-order valence-corrected chi connectivity index (χ3v) is 5.85. The predicted octanol–water partition coefficient (Wildman–Crippen LogP) is 1.94. The topological polar surface area (TPSA) is 87.8 Å². The highest BCUT2D eigenvalue weighted by molar-refractivity contribution is 7.89. The Bertz CT molecular complexity index is 880. The summed E-state index contributed by atoms with van der Waals surface area (Å²) in [5, 5.41) is 8.54. The molecule has 27 heavy (non-hydrogen) atoms. The Morgan fingerprint density at radius 1 is 1.19 bits per heavy atom. The van der Waals surface area contributed by atoms with Crippen molar-refractivity contribution < 1.29 is 8.42 Å². The van der Waals surface area contributed by atoms with Crippen LogP contribution in [0.1, 0.15) is 23.5 Å². The number of rotatable bonds is 5. The van der Waals surface area contributed by atoms with Gasteiger partial charge in [-0.3, -0.25) is 4.99 Å². The van der Waals surface area contributed by atoms with Crippen LogP contribution in [0.4, 0.5) is 0 Å². The fourth-order valence-corrected chi connectivity index (χ4v) is 3.96. The smallest absolute Gasteiger partial charge is 0.238 e. The molecule has 144 valence electrons. The molecule has 1 aliphatic heterocycles. The quantitative estimate of drug-likeness (QED) is 0.607. The van der Waals surface area contributed by atoms with Gasteiger partial charge in [0.05, 0.1) is 4.90 Å². The third-order valence-electron chi connectivity index (χ3n) is 4.92. The molecule has 0 aliphatic carbocycles. The highest BCUT2D eigenvalue weighted by atomic mass is 32.2. The average molecular weight is 387 g/mol. The Morgan fingerprint density at radius 3 is 2.52 bits per heavy atom. The number of aliphatic imine (C=N–C) groups is 1. The zero-order valence-electron chi connectivity index (χ0n) is 15.5. The van der Waals surface area contributed by atoms with Gasteiger partial charge in [-0.15, -0.1) is 0 Å². The molecule has 6 nitrogen and oxygen atoms in total. The minimum atomic E-state index is -3.64. The summed E-state index contributed by atoms with van der Waals surface area (Å²) in [6.07, 6.45) is 1.90. The number of nitrogens with one attached hydrogen (secondary N) is 1. The van der Waals surface area contributed by atoms with Gasteiger partial charge in [-0.2, -0.15) is 0 Å². The summed E-state index contributed by atoms with van der Waals surface area (Å²) in [5.74, 6) is 1.45. The van der Waals surface area contributed by atoms with Gasteiger partial charge in [0.1, 0.15) is 0 Å². The highest BCUT2D eigenvalue weighted by Gasteiger charge is 2.25. The molecule has 1 aliphatic rings. The third kappa shape index (κ3) is 5.08. The van der Waals surface area contributed by atoms with E-state index in [4.69, 9.17) is 5.14 Å². The van der Waals surface area contributed by atoms with Crippen LogP contribution in [-0.4, -0.2) is 46.0 Å². The van der Waals surface area contributed by atoms with Crippen LogP contribution >= 0.6 is 0 Å². The monoisotopic (exact) mass is 386 g/mol. The summed E-state index contributed by atoms with van der Waals surface area (Å²) in [6, 6.07) is 17.3. The van der Waals surface area contributed by atoms with E-state index in [9.17, 15) is 8.42 Å².